The van der Waals surface area contributed by atoms with Crippen molar-refractivity contribution in [1.82, 2.24) is 14.5 Å². The minimum atomic E-state index is 0.559. The second-order valence-corrected chi connectivity index (χ2v) is 4.38. The topological polar surface area (TPSA) is 30.7 Å². The first-order chi connectivity index (χ1) is 8.90. The van der Waals surface area contributed by atoms with Gasteiger partial charge in [-0.25, -0.2) is 4.98 Å². The smallest absolute Gasteiger partial charge is 0.115 e. The van der Waals surface area contributed by atoms with Crippen LogP contribution in [0.3, 0.4) is 0 Å². The van der Waals surface area contributed by atoms with Gasteiger partial charge < -0.3 is 0 Å². The summed E-state index contributed by atoms with van der Waals surface area (Å²) in [6.07, 6.45) is 4.31. The maximum atomic E-state index is 5.85. The third-order valence-corrected chi connectivity index (χ3v) is 3.05. The van der Waals surface area contributed by atoms with Gasteiger partial charge in [-0.3, -0.25) is 9.55 Å². The van der Waals surface area contributed by atoms with Crippen LogP contribution in [-0.2, 0) is 6.42 Å². The number of fused-ring (bicyclic) bond motifs is 1. The Morgan fingerprint density at radius 2 is 1.94 bits per heavy atom. The first-order valence-electron chi connectivity index (χ1n) is 5.83. The van der Waals surface area contributed by atoms with Crippen LogP contribution in [0, 0.1) is 0 Å². The Balaban J connectivity index is 2.28. The second kappa shape index (κ2) is 4.78. The van der Waals surface area contributed by atoms with E-state index in [1.54, 1.807) is 12.4 Å². The molecule has 18 heavy (non-hydrogen) atoms. The van der Waals surface area contributed by atoms with E-state index in [1.807, 2.05) is 24.3 Å². The van der Waals surface area contributed by atoms with E-state index in [2.05, 4.69) is 26.7 Å². The largest absolute Gasteiger partial charge is 0.296 e. The van der Waals surface area contributed by atoms with Crippen molar-refractivity contribution in [2.75, 3.05) is 5.88 Å². The van der Waals surface area contributed by atoms with Crippen molar-refractivity contribution in [2.24, 2.45) is 0 Å². The van der Waals surface area contributed by atoms with Crippen molar-refractivity contribution >= 4 is 22.6 Å². The number of imidazole rings is 1. The number of hydrogen-bond donors (Lipinski definition) is 0. The summed E-state index contributed by atoms with van der Waals surface area (Å²) in [7, 11) is 0. The van der Waals surface area contributed by atoms with E-state index in [1.165, 1.54) is 0 Å². The molecule has 4 heteroatoms. The number of halogens is 1. The molecule has 3 aromatic rings. The molecule has 0 aliphatic carbocycles. The molecule has 2 heterocycles. The first kappa shape index (κ1) is 11.2. The highest BCUT2D eigenvalue weighted by molar-refractivity contribution is 6.17. The predicted molar refractivity (Wildman–Crippen MR) is 73.3 cm³/mol. The Hall–Kier alpha value is -1.87. The summed E-state index contributed by atoms with van der Waals surface area (Å²) in [6, 6.07) is 12.2. The lowest BCUT2D eigenvalue weighted by Crippen LogP contribution is -2.01. The number of nitrogens with zero attached hydrogens (tertiary/aromatic N) is 3. The third kappa shape index (κ3) is 1.87. The van der Waals surface area contributed by atoms with Crippen molar-refractivity contribution < 1.29 is 0 Å². The van der Waals surface area contributed by atoms with E-state index >= 15 is 0 Å². The van der Waals surface area contributed by atoms with Gasteiger partial charge in [0.1, 0.15) is 11.3 Å². The zero-order valence-electron chi connectivity index (χ0n) is 9.75. The summed E-state index contributed by atoms with van der Waals surface area (Å²) in [5.74, 6) is 1.53. The van der Waals surface area contributed by atoms with Gasteiger partial charge in [-0.2, -0.15) is 0 Å². The van der Waals surface area contributed by atoms with Gasteiger partial charge in [0.05, 0.1) is 11.7 Å². The number of rotatable bonds is 3. The van der Waals surface area contributed by atoms with Crippen LogP contribution in [0.25, 0.3) is 16.7 Å². The van der Waals surface area contributed by atoms with Crippen LogP contribution in [0.1, 0.15) is 5.82 Å². The summed E-state index contributed by atoms with van der Waals surface area (Å²) in [6.45, 7) is 0. The molecular weight excluding hydrogens is 246 g/mol. The molecule has 0 aliphatic rings. The van der Waals surface area contributed by atoms with Gasteiger partial charge in [0.25, 0.3) is 0 Å². The summed E-state index contributed by atoms with van der Waals surface area (Å²) >= 11 is 5.85. The van der Waals surface area contributed by atoms with Crippen molar-refractivity contribution in [3.8, 4) is 5.69 Å². The van der Waals surface area contributed by atoms with E-state index in [-0.39, 0.29) is 0 Å². The molecule has 0 saturated carbocycles. The van der Waals surface area contributed by atoms with Crippen LogP contribution in [0.2, 0.25) is 0 Å². The lowest BCUT2D eigenvalue weighted by atomic mass is 10.3. The molecule has 0 saturated heterocycles. The van der Waals surface area contributed by atoms with Crippen molar-refractivity contribution in [2.45, 2.75) is 6.42 Å². The Bertz CT molecular complexity index is 661. The van der Waals surface area contributed by atoms with E-state index in [4.69, 9.17) is 11.6 Å². The summed E-state index contributed by atoms with van der Waals surface area (Å²) in [5.41, 5.74) is 3.07. The van der Waals surface area contributed by atoms with Crippen LogP contribution in [0.15, 0.2) is 48.8 Å². The number of benzene rings is 1. The fourth-order valence-corrected chi connectivity index (χ4v) is 2.27. The van der Waals surface area contributed by atoms with E-state index in [0.717, 1.165) is 29.0 Å². The molecule has 1 aromatic carbocycles. The molecule has 0 bridgehead atoms. The Kier molecular flexibility index (Phi) is 2.99. The van der Waals surface area contributed by atoms with Crippen molar-refractivity contribution in [3.63, 3.8) is 0 Å². The molecule has 90 valence electrons. The highest BCUT2D eigenvalue weighted by atomic mass is 35.5. The predicted octanol–water partition coefficient (Wildman–Crippen LogP) is 3.20. The zero-order chi connectivity index (χ0) is 12.4. The first-order valence-corrected chi connectivity index (χ1v) is 6.36. The SMILES string of the molecule is ClCCc1nc2cnccc2n1-c1ccccc1. The summed E-state index contributed by atoms with van der Waals surface area (Å²) in [4.78, 5) is 8.71. The summed E-state index contributed by atoms with van der Waals surface area (Å²) in [5, 5.41) is 0. The molecule has 0 atom stereocenters. The quantitative estimate of drug-likeness (QED) is 0.675. The van der Waals surface area contributed by atoms with Crippen molar-refractivity contribution in [3.05, 3.63) is 54.6 Å². The fraction of sp³-hybridized carbons (Fsp3) is 0.143. The normalized spacial score (nSPS) is 10.9. The van der Waals surface area contributed by atoms with Gasteiger partial charge >= 0.3 is 0 Å². The van der Waals surface area contributed by atoms with Crippen LogP contribution in [0.4, 0.5) is 0 Å². The van der Waals surface area contributed by atoms with Gasteiger partial charge in [-0.15, -0.1) is 11.6 Å². The van der Waals surface area contributed by atoms with Gasteiger partial charge in [0, 0.05) is 24.2 Å². The Morgan fingerprint density at radius 1 is 1.11 bits per heavy atom. The maximum absolute atomic E-state index is 5.85. The molecule has 0 amide bonds. The Morgan fingerprint density at radius 3 is 2.72 bits per heavy atom. The molecule has 0 radical (unpaired) electrons. The average Bonchev–Trinajstić information content (AvgIpc) is 2.78. The zero-order valence-corrected chi connectivity index (χ0v) is 10.5. The summed E-state index contributed by atoms with van der Waals surface area (Å²) < 4.78 is 2.14. The minimum Gasteiger partial charge on any atom is -0.296 e. The van der Waals surface area contributed by atoms with E-state index in [0.29, 0.717) is 5.88 Å². The van der Waals surface area contributed by atoms with Gasteiger partial charge in [0.15, 0.2) is 0 Å². The van der Waals surface area contributed by atoms with Gasteiger partial charge in [0.2, 0.25) is 0 Å². The molecule has 2 aromatic heterocycles. The second-order valence-electron chi connectivity index (χ2n) is 4.00. The highest BCUT2D eigenvalue weighted by Gasteiger charge is 2.11. The molecule has 0 unspecified atom stereocenters. The average molecular weight is 258 g/mol. The molecule has 3 nitrogen and oxygen atoms in total. The van der Waals surface area contributed by atoms with E-state index in [9.17, 15) is 0 Å². The van der Waals surface area contributed by atoms with Crippen molar-refractivity contribution in [1.29, 1.82) is 0 Å². The fourth-order valence-electron chi connectivity index (χ4n) is 2.10. The Labute approximate surface area is 110 Å². The molecule has 3 rings (SSSR count). The maximum Gasteiger partial charge on any atom is 0.115 e. The molecular formula is C14H12ClN3. The number of alkyl halides is 1. The lowest BCUT2D eigenvalue weighted by Gasteiger charge is -2.07. The molecule has 0 aliphatic heterocycles. The lowest BCUT2D eigenvalue weighted by molar-refractivity contribution is 0.912. The minimum absolute atomic E-state index is 0.559. The van der Waals surface area contributed by atoms with Crippen LogP contribution in [-0.4, -0.2) is 20.4 Å². The van der Waals surface area contributed by atoms with Crippen LogP contribution in [0.5, 0.6) is 0 Å². The van der Waals surface area contributed by atoms with Crippen LogP contribution < -0.4 is 0 Å². The highest BCUT2D eigenvalue weighted by Crippen LogP contribution is 2.21. The molecule has 0 fully saturated rings. The van der Waals surface area contributed by atoms with E-state index < -0.39 is 0 Å². The van der Waals surface area contributed by atoms with Gasteiger partial charge in [-0.05, 0) is 18.2 Å². The number of pyridine rings is 1. The number of hydrogen-bond acceptors (Lipinski definition) is 2. The number of aromatic nitrogens is 3. The number of para-hydroxylation sites is 1. The molecule has 0 N–H and O–H groups in total. The monoisotopic (exact) mass is 257 g/mol. The third-order valence-electron chi connectivity index (χ3n) is 2.86. The van der Waals surface area contributed by atoms with Gasteiger partial charge in [-0.1, -0.05) is 18.2 Å². The van der Waals surface area contributed by atoms with Crippen LogP contribution >= 0.6 is 11.6 Å². The molecule has 0 spiro atoms. The standard InChI is InChI=1S/C14H12ClN3/c15-8-6-14-17-12-10-16-9-7-13(12)18(14)11-4-2-1-3-5-11/h1-5,7,9-10H,6,8H2. The number of aryl methyl sites for hydroxylation is 1.